The maximum Gasteiger partial charge on any atom is 2.00 e. The van der Waals surface area contributed by atoms with Gasteiger partial charge in [-0.1, -0.05) is 56.1 Å². The second-order valence-electron chi connectivity index (χ2n) is 3.01. The predicted octanol–water partition coefficient (Wildman–Crippen LogP) is -1.49. The third kappa shape index (κ3) is 6.21. The Kier molecular flexibility index (Phi) is 12.0. The van der Waals surface area contributed by atoms with Crippen LogP contribution in [0.1, 0.15) is 0 Å². The summed E-state index contributed by atoms with van der Waals surface area (Å²) >= 11 is 6.84. The minimum Gasteiger partial charge on any atom is -1.00 e. The minimum absolute atomic E-state index is 0. The molecule has 0 radical (unpaired) electrons. The quantitative estimate of drug-likeness (QED) is 0.423. The van der Waals surface area contributed by atoms with Gasteiger partial charge in [0.1, 0.15) is 0 Å². The van der Waals surface area contributed by atoms with Gasteiger partial charge in [-0.2, -0.15) is 0 Å². The standard InChI is InChI=1S/C12H8Br2.2BrH.Mg/c13-11-5-1-9(2-6-11)10-3-7-12(14)8-4-10;;;/h1-8H;2*1H;/q;;;+2/p-2. The molecule has 0 nitrogen and oxygen atoms in total. The molecule has 0 bridgehead atoms. The molecule has 0 heterocycles. The summed E-state index contributed by atoms with van der Waals surface area (Å²) in [7, 11) is 0. The molecule has 2 aromatic rings. The number of hydrogen-bond donors (Lipinski definition) is 0. The molecule has 0 aromatic heterocycles. The van der Waals surface area contributed by atoms with Crippen molar-refractivity contribution in [2.75, 3.05) is 0 Å². The Balaban J connectivity index is 0. The third-order valence-corrected chi connectivity index (χ3v) is 3.08. The topological polar surface area (TPSA) is 0 Å². The Morgan fingerprint density at radius 2 is 0.765 bits per heavy atom. The maximum absolute atomic E-state index is 3.42. The summed E-state index contributed by atoms with van der Waals surface area (Å²) in [5.74, 6) is 0. The average Bonchev–Trinajstić information content (AvgIpc) is 2.21. The van der Waals surface area contributed by atoms with Gasteiger partial charge in [-0.15, -0.1) is 0 Å². The summed E-state index contributed by atoms with van der Waals surface area (Å²) in [6.07, 6.45) is 0. The molecule has 0 aliphatic rings. The van der Waals surface area contributed by atoms with E-state index in [1.807, 2.05) is 0 Å². The van der Waals surface area contributed by atoms with Gasteiger partial charge in [-0.3, -0.25) is 0 Å². The SMILES string of the molecule is Brc1ccc(-c2ccc(Br)cc2)cc1.[Br-].[Br-].[Mg+2]. The van der Waals surface area contributed by atoms with E-state index in [-0.39, 0.29) is 57.0 Å². The van der Waals surface area contributed by atoms with Crippen molar-refractivity contribution in [1.29, 1.82) is 0 Å². The number of halogens is 4. The molecular formula is C12H8Br4Mg. The zero-order valence-corrected chi connectivity index (χ0v) is 16.6. The molecule has 5 heteroatoms. The van der Waals surface area contributed by atoms with Gasteiger partial charge in [0.2, 0.25) is 0 Å². The van der Waals surface area contributed by atoms with E-state index >= 15 is 0 Å². The van der Waals surface area contributed by atoms with Crippen LogP contribution in [0.3, 0.4) is 0 Å². The molecule has 86 valence electrons. The van der Waals surface area contributed by atoms with Gasteiger partial charge in [0.15, 0.2) is 0 Å². The van der Waals surface area contributed by atoms with Crippen molar-refractivity contribution in [3.05, 3.63) is 57.5 Å². The van der Waals surface area contributed by atoms with Crippen LogP contribution in [0.5, 0.6) is 0 Å². The molecule has 0 spiro atoms. The van der Waals surface area contributed by atoms with Crippen LogP contribution in [-0.4, -0.2) is 23.1 Å². The van der Waals surface area contributed by atoms with Crippen LogP contribution in [0.2, 0.25) is 0 Å². The smallest absolute Gasteiger partial charge is 1.00 e. The monoisotopic (exact) mass is 492 g/mol. The van der Waals surface area contributed by atoms with Crippen LogP contribution in [0.15, 0.2) is 57.5 Å². The van der Waals surface area contributed by atoms with Crippen LogP contribution >= 0.6 is 31.9 Å². The van der Waals surface area contributed by atoms with Gasteiger partial charge in [0.25, 0.3) is 0 Å². The Morgan fingerprint density at radius 1 is 0.529 bits per heavy atom. The molecule has 0 saturated carbocycles. The van der Waals surface area contributed by atoms with Crippen molar-refractivity contribution in [1.82, 2.24) is 0 Å². The molecule has 0 N–H and O–H groups in total. The van der Waals surface area contributed by atoms with Crippen molar-refractivity contribution >= 4 is 54.9 Å². The summed E-state index contributed by atoms with van der Waals surface area (Å²) in [5.41, 5.74) is 2.47. The zero-order chi connectivity index (χ0) is 9.97. The fourth-order valence-corrected chi connectivity index (χ4v) is 1.81. The summed E-state index contributed by atoms with van der Waals surface area (Å²) in [6, 6.07) is 16.6. The Hall–Kier alpha value is 1.13. The first-order valence-corrected chi connectivity index (χ1v) is 5.86. The number of rotatable bonds is 1. The van der Waals surface area contributed by atoms with Gasteiger partial charge in [0, 0.05) is 8.95 Å². The molecular weight excluding hydrogens is 488 g/mol. The average molecular weight is 496 g/mol. The van der Waals surface area contributed by atoms with E-state index in [9.17, 15) is 0 Å². The van der Waals surface area contributed by atoms with Crippen molar-refractivity contribution in [2.45, 2.75) is 0 Å². The summed E-state index contributed by atoms with van der Waals surface area (Å²) in [6.45, 7) is 0. The van der Waals surface area contributed by atoms with Crippen molar-refractivity contribution < 1.29 is 34.0 Å². The molecule has 0 amide bonds. The molecule has 0 unspecified atom stereocenters. The summed E-state index contributed by atoms with van der Waals surface area (Å²) in [4.78, 5) is 0. The van der Waals surface area contributed by atoms with Gasteiger partial charge in [-0.25, -0.2) is 0 Å². The van der Waals surface area contributed by atoms with E-state index in [0.717, 1.165) is 8.95 Å². The summed E-state index contributed by atoms with van der Waals surface area (Å²) in [5, 5.41) is 0. The second kappa shape index (κ2) is 9.98. The predicted molar refractivity (Wildman–Crippen MR) is 73.0 cm³/mol. The van der Waals surface area contributed by atoms with Gasteiger partial charge >= 0.3 is 23.1 Å². The minimum atomic E-state index is 0. The number of benzene rings is 2. The van der Waals surface area contributed by atoms with Crippen LogP contribution in [-0.2, 0) is 0 Å². The van der Waals surface area contributed by atoms with Crippen molar-refractivity contribution in [3.8, 4) is 11.1 Å². The Morgan fingerprint density at radius 3 is 1.00 bits per heavy atom. The summed E-state index contributed by atoms with van der Waals surface area (Å²) < 4.78 is 2.22. The van der Waals surface area contributed by atoms with E-state index < -0.39 is 0 Å². The van der Waals surface area contributed by atoms with E-state index in [0.29, 0.717) is 0 Å². The van der Waals surface area contributed by atoms with Gasteiger partial charge in [0.05, 0.1) is 0 Å². The van der Waals surface area contributed by atoms with Crippen LogP contribution in [0.25, 0.3) is 11.1 Å². The van der Waals surface area contributed by atoms with Gasteiger partial charge in [-0.05, 0) is 35.4 Å². The maximum atomic E-state index is 3.42. The van der Waals surface area contributed by atoms with E-state index in [1.54, 1.807) is 0 Å². The second-order valence-corrected chi connectivity index (χ2v) is 4.85. The van der Waals surface area contributed by atoms with Crippen LogP contribution in [0.4, 0.5) is 0 Å². The molecule has 2 rings (SSSR count). The van der Waals surface area contributed by atoms with Crippen molar-refractivity contribution in [2.24, 2.45) is 0 Å². The molecule has 0 fully saturated rings. The van der Waals surface area contributed by atoms with E-state index in [1.165, 1.54) is 11.1 Å². The molecule has 0 saturated heterocycles. The fourth-order valence-electron chi connectivity index (χ4n) is 1.28. The zero-order valence-electron chi connectivity index (χ0n) is 8.84. The molecule has 17 heavy (non-hydrogen) atoms. The normalized spacial score (nSPS) is 8.35. The van der Waals surface area contributed by atoms with Crippen LogP contribution in [0, 0.1) is 0 Å². The third-order valence-electron chi connectivity index (χ3n) is 2.02. The molecule has 0 aliphatic carbocycles. The first-order chi connectivity index (χ1) is 6.75. The van der Waals surface area contributed by atoms with Gasteiger partial charge < -0.3 is 34.0 Å². The Labute approximate surface area is 156 Å². The van der Waals surface area contributed by atoms with E-state index in [4.69, 9.17) is 0 Å². The number of hydrogen-bond acceptors (Lipinski definition) is 0. The van der Waals surface area contributed by atoms with Crippen molar-refractivity contribution in [3.63, 3.8) is 0 Å². The molecule has 2 aromatic carbocycles. The molecule has 0 atom stereocenters. The molecule has 0 aliphatic heterocycles. The largest absolute Gasteiger partial charge is 2.00 e. The first kappa shape index (κ1) is 20.4. The van der Waals surface area contributed by atoms with Crippen LogP contribution < -0.4 is 34.0 Å². The van der Waals surface area contributed by atoms with E-state index in [2.05, 4.69) is 80.4 Å². The first-order valence-electron chi connectivity index (χ1n) is 4.27. The fraction of sp³-hybridized carbons (Fsp3) is 0. The Bertz CT molecular complexity index is 382.